The molecule has 1 aromatic carbocycles. The standard InChI is InChI=1S/C18H27NO8S/c1-11-5-7-13(8-6-11)28(23,24)19-14(10-25-12(2)21)16-17(15(22)9-20)27-18(3,4)26-16/h5-8,14-17,19-20,22H,9-10H2,1-4H3/t14-,15-,16-,17-/m1/s1. The molecule has 0 bridgehead atoms. The summed E-state index contributed by atoms with van der Waals surface area (Å²) in [4.78, 5) is 11.3. The van der Waals surface area contributed by atoms with Gasteiger partial charge in [-0.15, -0.1) is 0 Å². The van der Waals surface area contributed by atoms with Crippen LogP contribution in [0, 0.1) is 6.92 Å². The van der Waals surface area contributed by atoms with Gasteiger partial charge in [-0.2, -0.15) is 0 Å². The second-order valence-electron chi connectivity index (χ2n) is 7.16. The average molecular weight is 417 g/mol. The molecule has 1 aromatic rings. The highest BCUT2D eigenvalue weighted by Gasteiger charge is 2.49. The number of aliphatic hydroxyl groups is 2. The Morgan fingerprint density at radius 2 is 1.82 bits per heavy atom. The van der Waals surface area contributed by atoms with Crippen molar-refractivity contribution in [3.05, 3.63) is 29.8 Å². The first-order chi connectivity index (χ1) is 12.9. The van der Waals surface area contributed by atoms with Crippen LogP contribution in [0.25, 0.3) is 0 Å². The van der Waals surface area contributed by atoms with E-state index in [0.29, 0.717) is 0 Å². The summed E-state index contributed by atoms with van der Waals surface area (Å²) in [6, 6.07) is 5.18. The molecule has 1 aliphatic heterocycles. The molecule has 158 valence electrons. The zero-order valence-electron chi connectivity index (χ0n) is 16.3. The van der Waals surface area contributed by atoms with E-state index in [1.807, 2.05) is 6.92 Å². The van der Waals surface area contributed by atoms with Crippen molar-refractivity contribution in [1.82, 2.24) is 4.72 Å². The Bertz CT molecular complexity index is 777. The smallest absolute Gasteiger partial charge is 0.302 e. The lowest BCUT2D eigenvalue weighted by Crippen LogP contribution is -2.53. The molecule has 0 spiro atoms. The van der Waals surface area contributed by atoms with Crippen molar-refractivity contribution in [3.63, 3.8) is 0 Å². The average Bonchev–Trinajstić information content (AvgIpc) is 2.93. The van der Waals surface area contributed by atoms with Crippen molar-refractivity contribution in [2.24, 2.45) is 0 Å². The van der Waals surface area contributed by atoms with Crippen LogP contribution < -0.4 is 4.72 Å². The van der Waals surface area contributed by atoms with Crippen LogP contribution in [0.3, 0.4) is 0 Å². The number of hydrogen-bond donors (Lipinski definition) is 3. The van der Waals surface area contributed by atoms with E-state index in [0.717, 1.165) is 5.56 Å². The molecule has 1 aliphatic rings. The third kappa shape index (κ3) is 5.72. The van der Waals surface area contributed by atoms with Crippen LogP contribution in [-0.2, 0) is 29.0 Å². The van der Waals surface area contributed by atoms with Crippen molar-refractivity contribution in [2.45, 2.75) is 62.7 Å². The maximum atomic E-state index is 12.8. The molecule has 2 rings (SSSR count). The molecule has 0 amide bonds. The van der Waals surface area contributed by atoms with E-state index in [2.05, 4.69) is 4.72 Å². The highest BCUT2D eigenvalue weighted by Crippen LogP contribution is 2.32. The normalized spacial score (nSPS) is 23.9. The lowest BCUT2D eigenvalue weighted by molar-refractivity contribution is -0.159. The first-order valence-electron chi connectivity index (χ1n) is 8.82. The number of hydrogen-bond acceptors (Lipinski definition) is 8. The van der Waals surface area contributed by atoms with Crippen molar-refractivity contribution in [3.8, 4) is 0 Å². The second-order valence-corrected chi connectivity index (χ2v) is 8.87. The number of rotatable bonds is 8. The van der Waals surface area contributed by atoms with Gasteiger partial charge in [-0.05, 0) is 32.9 Å². The Morgan fingerprint density at radius 1 is 1.25 bits per heavy atom. The minimum Gasteiger partial charge on any atom is -0.464 e. The molecule has 0 radical (unpaired) electrons. The molecule has 1 fully saturated rings. The summed E-state index contributed by atoms with van der Waals surface area (Å²) < 4.78 is 44.5. The number of carbonyl (C=O) groups excluding carboxylic acids is 1. The fourth-order valence-electron chi connectivity index (χ4n) is 2.92. The van der Waals surface area contributed by atoms with Gasteiger partial charge in [0, 0.05) is 6.92 Å². The lowest BCUT2D eigenvalue weighted by atomic mass is 10.0. The molecular formula is C18H27NO8S. The highest BCUT2D eigenvalue weighted by atomic mass is 32.2. The second kappa shape index (κ2) is 8.85. The molecule has 0 aliphatic carbocycles. The van der Waals surface area contributed by atoms with E-state index in [4.69, 9.17) is 14.2 Å². The molecular weight excluding hydrogens is 390 g/mol. The number of nitrogens with one attached hydrogen (secondary N) is 1. The third-order valence-corrected chi connectivity index (χ3v) is 5.74. The maximum absolute atomic E-state index is 12.8. The quantitative estimate of drug-likeness (QED) is 0.507. The number of ether oxygens (including phenoxy) is 3. The van der Waals surface area contributed by atoms with Gasteiger partial charge in [0.15, 0.2) is 5.79 Å². The van der Waals surface area contributed by atoms with Gasteiger partial charge in [0.2, 0.25) is 10.0 Å². The summed E-state index contributed by atoms with van der Waals surface area (Å²) in [7, 11) is -3.98. The summed E-state index contributed by atoms with van der Waals surface area (Å²) in [5, 5.41) is 19.4. The number of aryl methyl sites for hydroxylation is 1. The Balaban J connectivity index is 2.32. The van der Waals surface area contributed by atoms with E-state index in [1.165, 1.54) is 19.1 Å². The molecule has 9 nitrogen and oxygen atoms in total. The van der Waals surface area contributed by atoms with Gasteiger partial charge in [0.1, 0.15) is 24.9 Å². The fraction of sp³-hybridized carbons (Fsp3) is 0.611. The minimum atomic E-state index is -3.98. The summed E-state index contributed by atoms with van der Waals surface area (Å²) in [6.07, 6.45) is -3.34. The number of benzene rings is 1. The van der Waals surface area contributed by atoms with Crippen molar-refractivity contribution < 1.29 is 37.6 Å². The van der Waals surface area contributed by atoms with E-state index >= 15 is 0 Å². The molecule has 0 unspecified atom stereocenters. The molecule has 1 saturated heterocycles. The zero-order chi connectivity index (χ0) is 21.1. The molecule has 3 N–H and O–H groups in total. The summed E-state index contributed by atoms with van der Waals surface area (Å²) in [6.45, 7) is 5.29. The SMILES string of the molecule is CC(=O)OC[C@@H](NS(=O)(=O)c1ccc(C)cc1)[C@H]1OC(C)(C)O[C@@H]1[C@H](O)CO. The van der Waals surface area contributed by atoms with Crippen molar-refractivity contribution in [1.29, 1.82) is 0 Å². The van der Waals surface area contributed by atoms with Crippen LogP contribution in [0.4, 0.5) is 0 Å². The van der Waals surface area contributed by atoms with Crippen molar-refractivity contribution in [2.75, 3.05) is 13.2 Å². The first kappa shape index (κ1) is 22.7. The van der Waals surface area contributed by atoms with Gasteiger partial charge in [-0.1, -0.05) is 17.7 Å². The Kier molecular flexibility index (Phi) is 7.18. The minimum absolute atomic E-state index is 0.0309. The summed E-state index contributed by atoms with van der Waals surface area (Å²) >= 11 is 0. The molecule has 1 heterocycles. The molecule has 28 heavy (non-hydrogen) atoms. The Labute approximate surface area is 164 Å². The maximum Gasteiger partial charge on any atom is 0.302 e. The van der Waals surface area contributed by atoms with Gasteiger partial charge >= 0.3 is 5.97 Å². The van der Waals surface area contributed by atoms with E-state index < -0.39 is 52.7 Å². The Morgan fingerprint density at radius 3 is 2.36 bits per heavy atom. The number of aliphatic hydroxyl groups excluding tert-OH is 2. The predicted octanol–water partition coefficient (Wildman–Crippen LogP) is 0.0783. The fourth-order valence-corrected chi connectivity index (χ4v) is 4.15. The van der Waals surface area contributed by atoms with Crippen LogP contribution >= 0.6 is 0 Å². The summed E-state index contributed by atoms with van der Waals surface area (Å²) in [5.41, 5.74) is 0.899. The third-order valence-electron chi connectivity index (χ3n) is 4.23. The van der Waals surface area contributed by atoms with Gasteiger partial charge in [-0.3, -0.25) is 4.79 Å². The van der Waals surface area contributed by atoms with E-state index in [1.54, 1.807) is 26.0 Å². The van der Waals surface area contributed by atoms with Gasteiger partial charge in [-0.25, -0.2) is 13.1 Å². The van der Waals surface area contributed by atoms with Crippen LogP contribution in [0.5, 0.6) is 0 Å². The monoisotopic (exact) mass is 417 g/mol. The van der Waals surface area contributed by atoms with Crippen molar-refractivity contribution >= 4 is 16.0 Å². The first-order valence-corrected chi connectivity index (χ1v) is 10.3. The molecule has 4 atom stereocenters. The zero-order valence-corrected chi connectivity index (χ0v) is 17.1. The highest BCUT2D eigenvalue weighted by molar-refractivity contribution is 7.89. The molecule has 10 heteroatoms. The number of carbonyl (C=O) groups is 1. The topological polar surface area (TPSA) is 131 Å². The molecule has 0 aromatic heterocycles. The largest absolute Gasteiger partial charge is 0.464 e. The van der Waals surface area contributed by atoms with Gasteiger partial charge < -0.3 is 24.4 Å². The van der Waals surface area contributed by atoms with E-state index in [-0.39, 0.29) is 11.5 Å². The number of sulfonamides is 1. The van der Waals surface area contributed by atoms with Crippen LogP contribution in [0.1, 0.15) is 26.3 Å². The van der Waals surface area contributed by atoms with Gasteiger partial charge in [0.05, 0.1) is 17.5 Å². The molecule has 0 saturated carbocycles. The number of esters is 1. The van der Waals surface area contributed by atoms with Gasteiger partial charge in [0.25, 0.3) is 0 Å². The lowest BCUT2D eigenvalue weighted by Gasteiger charge is -2.28. The van der Waals surface area contributed by atoms with E-state index in [9.17, 15) is 23.4 Å². The predicted molar refractivity (Wildman–Crippen MR) is 98.8 cm³/mol. The van der Waals surface area contributed by atoms with Crippen LogP contribution in [-0.4, -0.2) is 68.0 Å². The van der Waals surface area contributed by atoms with Crippen LogP contribution in [0.15, 0.2) is 29.2 Å². The Hall–Kier alpha value is -1.56. The van der Waals surface area contributed by atoms with Crippen LogP contribution in [0.2, 0.25) is 0 Å². The summed E-state index contributed by atoms with van der Waals surface area (Å²) in [5.74, 6) is -1.73.